The molecule has 0 amide bonds. The molecule has 0 aliphatic heterocycles. The molecule has 9 aromatic carbocycles. The quantitative estimate of drug-likeness (QED) is 0.118. The summed E-state index contributed by atoms with van der Waals surface area (Å²) < 4.78 is 7.61. The Morgan fingerprint density at radius 2 is 0.707 bits per heavy atom. The maximum absolute atomic E-state index is 2.95. The van der Waals surface area contributed by atoms with Crippen LogP contribution >= 0.6 is 11.3 Å². The second-order valence-electron chi connectivity index (χ2n) is 15.3. The lowest BCUT2D eigenvalue weighted by atomic mass is 10.1. The Kier molecular flexibility index (Phi) is 7.46. The van der Waals surface area contributed by atoms with Crippen LogP contribution in [0.4, 0.5) is 0 Å². The number of thiophene rings is 1. The van der Waals surface area contributed by atoms with Gasteiger partial charge in [-0.05, 0) is 81.4 Å². The van der Waals surface area contributed by atoms with Gasteiger partial charge >= 0.3 is 0 Å². The van der Waals surface area contributed by atoms with E-state index in [4.69, 9.17) is 0 Å². The second kappa shape index (κ2) is 13.0. The molecular weight excluding hydrogens is 737 g/mol. The largest absolute Gasteiger partial charge is 0.309 e. The average molecular weight is 773 g/mol. The molecule has 0 unspecified atom stereocenters. The standard InChI is InChI=1S/C54H36N2SSi/c1-3-19-39(20-4-1)58(40-21-5-2-6-22-40,41-23-15-17-37(33-41)55-49-29-11-7-25-43(49)44-26-8-12-30-50(44)55)42-24-16-18-38(34-42)56-51-31-13-9-27-45(51)47-36-54-48(35-52(47)56)46-28-10-14-32-53(46)57-54/h1-36H. The highest BCUT2D eigenvalue weighted by Crippen LogP contribution is 2.40. The Morgan fingerprint density at radius 1 is 0.276 bits per heavy atom. The van der Waals surface area contributed by atoms with E-state index in [1.54, 1.807) is 0 Å². The van der Waals surface area contributed by atoms with Crippen LogP contribution in [0.25, 0.3) is 75.2 Å². The first-order chi connectivity index (χ1) is 28.8. The number of benzene rings is 9. The molecule has 12 aromatic rings. The molecule has 0 N–H and O–H groups in total. The molecule has 272 valence electrons. The van der Waals surface area contributed by atoms with Crippen LogP contribution in [0, 0.1) is 0 Å². The minimum Gasteiger partial charge on any atom is -0.309 e. The molecule has 0 fully saturated rings. The van der Waals surface area contributed by atoms with Crippen molar-refractivity contribution in [1.82, 2.24) is 9.13 Å². The summed E-state index contributed by atoms with van der Waals surface area (Å²) in [5.41, 5.74) is 7.22. The predicted molar refractivity (Wildman–Crippen MR) is 252 cm³/mol. The van der Waals surface area contributed by atoms with Crippen molar-refractivity contribution >= 4 is 104 Å². The molecule has 0 atom stereocenters. The van der Waals surface area contributed by atoms with Crippen molar-refractivity contribution in [3.63, 3.8) is 0 Å². The fourth-order valence-electron chi connectivity index (χ4n) is 9.80. The van der Waals surface area contributed by atoms with Gasteiger partial charge in [-0.25, -0.2) is 0 Å². The van der Waals surface area contributed by atoms with Crippen LogP contribution in [0.1, 0.15) is 0 Å². The Hall–Kier alpha value is -6.98. The Labute approximate surface area is 341 Å². The number of hydrogen-bond acceptors (Lipinski definition) is 1. The molecule has 0 aliphatic carbocycles. The van der Waals surface area contributed by atoms with Gasteiger partial charge in [0.15, 0.2) is 8.07 Å². The third kappa shape index (κ3) is 4.83. The van der Waals surface area contributed by atoms with E-state index in [9.17, 15) is 0 Å². The van der Waals surface area contributed by atoms with Gasteiger partial charge in [0.25, 0.3) is 0 Å². The lowest BCUT2D eigenvalue weighted by molar-refractivity contribution is 1.18. The van der Waals surface area contributed by atoms with Gasteiger partial charge in [0.2, 0.25) is 0 Å². The van der Waals surface area contributed by atoms with Gasteiger partial charge in [0.1, 0.15) is 0 Å². The summed E-state index contributed by atoms with van der Waals surface area (Å²) in [6.45, 7) is 0. The van der Waals surface area contributed by atoms with E-state index >= 15 is 0 Å². The molecule has 3 heterocycles. The van der Waals surface area contributed by atoms with Crippen LogP contribution in [0.2, 0.25) is 0 Å². The highest BCUT2D eigenvalue weighted by Gasteiger charge is 2.42. The minimum atomic E-state index is -2.95. The van der Waals surface area contributed by atoms with Crippen molar-refractivity contribution in [2.24, 2.45) is 0 Å². The molecule has 58 heavy (non-hydrogen) atoms. The molecule has 0 spiro atoms. The lowest BCUT2D eigenvalue weighted by Crippen LogP contribution is -2.74. The van der Waals surface area contributed by atoms with E-state index in [1.165, 1.54) is 95.9 Å². The molecule has 2 nitrogen and oxygen atoms in total. The van der Waals surface area contributed by atoms with Crippen molar-refractivity contribution < 1.29 is 0 Å². The van der Waals surface area contributed by atoms with Crippen molar-refractivity contribution in [2.75, 3.05) is 0 Å². The number of fused-ring (bicyclic) bond motifs is 9. The number of rotatable bonds is 6. The molecule has 0 radical (unpaired) electrons. The van der Waals surface area contributed by atoms with Crippen molar-refractivity contribution in [3.05, 3.63) is 218 Å². The number of nitrogens with zero attached hydrogens (tertiary/aromatic N) is 2. The minimum absolute atomic E-state index is 1.17. The van der Waals surface area contributed by atoms with Gasteiger partial charge in [-0.15, -0.1) is 11.3 Å². The monoisotopic (exact) mass is 772 g/mol. The normalized spacial score (nSPS) is 12.1. The summed E-state index contributed by atoms with van der Waals surface area (Å²) in [6, 6.07) is 81.6. The fourth-order valence-corrected chi connectivity index (χ4v) is 15.7. The highest BCUT2D eigenvalue weighted by molar-refractivity contribution is 7.26. The Bertz CT molecular complexity index is 3430. The van der Waals surface area contributed by atoms with E-state index in [-0.39, 0.29) is 0 Å². The van der Waals surface area contributed by atoms with Crippen LogP contribution in [0.5, 0.6) is 0 Å². The first kappa shape index (κ1) is 33.2. The predicted octanol–water partition coefficient (Wildman–Crippen LogP) is 11.6. The van der Waals surface area contributed by atoms with E-state index in [2.05, 4.69) is 228 Å². The number of aromatic nitrogens is 2. The van der Waals surface area contributed by atoms with Crippen molar-refractivity contribution in [3.8, 4) is 11.4 Å². The fraction of sp³-hybridized carbons (Fsp3) is 0. The summed E-state index contributed by atoms with van der Waals surface area (Å²) in [5, 5.41) is 13.1. The summed E-state index contributed by atoms with van der Waals surface area (Å²) in [6.07, 6.45) is 0. The molecule has 12 rings (SSSR count). The highest BCUT2D eigenvalue weighted by atomic mass is 32.1. The molecule has 0 saturated carbocycles. The third-order valence-corrected chi connectivity index (χ3v) is 18.1. The Balaban J connectivity index is 1.15. The average Bonchev–Trinajstić information content (AvgIpc) is 3.94. The summed E-state index contributed by atoms with van der Waals surface area (Å²) in [4.78, 5) is 0. The molecule has 0 aliphatic rings. The van der Waals surface area contributed by atoms with Crippen LogP contribution in [0.3, 0.4) is 0 Å². The van der Waals surface area contributed by atoms with Gasteiger partial charge in [-0.1, -0.05) is 158 Å². The SMILES string of the molecule is c1ccc([Si](c2ccccc2)(c2cccc(-n3c4ccccc4c4ccccc43)c2)c2cccc(-n3c4ccccc4c4cc5sc6ccccc6c5cc43)c2)cc1. The smallest absolute Gasteiger partial charge is 0.179 e. The summed E-state index contributed by atoms with van der Waals surface area (Å²) in [7, 11) is -2.95. The first-order valence-corrected chi connectivity index (χ1v) is 22.7. The van der Waals surface area contributed by atoms with Crippen LogP contribution < -0.4 is 20.7 Å². The van der Waals surface area contributed by atoms with Gasteiger partial charge in [-0.2, -0.15) is 0 Å². The zero-order valence-corrected chi connectivity index (χ0v) is 33.4. The zero-order valence-electron chi connectivity index (χ0n) is 31.6. The van der Waals surface area contributed by atoms with Crippen LogP contribution in [-0.2, 0) is 0 Å². The van der Waals surface area contributed by atoms with Gasteiger partial charge in [0, 0.05) is 53.1 Å². The number of para-hydroxylation sites is 3. The summed E-state index contributed by atoms with van der Waals surface area (Å²) >= 11 is 1.88. The zero-order chi connectivity index (χ0) is 38.2. The number of hydrogen-bond donors (Lipinski definition) is 0. The van der Waals surface area contributed by atoms with Gasteiger partial charge in [0.05, 0.1) is 22.1 Å². The lowest BCUT2D eigenvalue weighted by Gasteiger charge is -2.35. The second-order valence-corrected chi connectivity index (χ2v) is 20.2. The van der Waals surface area contributed by atoms with Crippen molar-refractivity contribution in [2.45, 2.75) is 0 Å². The molecule has 4 heteroatoms. The molecule has 0 bridgehead atoms. The maximum Gasteiger partial charge on any atom is 0.179 e. The van der Waals surface area contributed by atoms with Crippen LogP contribution in [-0.4, -0.2) is 17.2 Å². The first-order valence-electron chi connectivity index (χ1n) is 19.9. The molecule has 3 aromatic heterocycles. The van der Waals surface area contributed by atoms with E-state index in [1.807, 2.05) is 11.3 Å². The third-order valence-electron chi connectivity index (χ3n) is 12.2. The van der Waals surface area contributed by atoms with E-state index in [0.29, 0.717) is 0 Å². The summed E-state index contributed by atoms with van der Waals surface area (Å²) in [5.74, 6) is 0. The van der Waals surface area contributed by atoms with Gasteiger partial charge in [-0.3, -0.25) is 0 Å². The van der Waals surface area contributed by atoms with E-state index < -0.39 is 8.07 Å². The molecular formula is C54H36N2SSi. The molecule has 0 saturated heterocycles. The Morgan fingerprint density at radius 3 is 1.26 bits per heavy atom. The van der Waals surface area contributed by atoms with Crippen LogP contribution in [0.15, 0.2) is 218 Å². The van der Waals surface area contributed by atoms with Crippen molar-refractivity contribution in [1.29, 1.82) is 0 Å². The van der Waals surface area contributed by atoms with E-state index in [0.717, 1.165) is 0 Å². The maximum atomic E-state index is 2.50. The van der Waals surface area contributed by atoms with Gasteiger partial charge < -0.3 is 9.13 Å². The topological polar surface area (TPSA) is 9.86 Å².